The Morgan fingerprint density at radius 1 is 0.629 bits per heavy atom. The van der Waals surface area contributed by atoms with E-state index < -0.39 is 37.3 Å². The second kappa shape index (κ2) is 19.8. The summed E-state index contributed by atoms with van der Waals surface area (Å²) in [5.41, 5.74) is 0. The molecule has 0 aliphatic carbocycles. The normalized spacial score (nSPS) is 25.3. The molecule has 0 saturated carbocycles. The van der Waals surface area contributed by atoms with Crippen LogP contribution < -0.4 is 0 Å². The fourth-order valence-electron chi connectivity index (χ4n) is 4.89. The van der Waals surface area contributed by atoms with Gasteiger partial charge in [0, 0.05) is 0 Å². The third-order valence-corrected chi connectivity index (χ3v) is 7.41. The van der Waals surface area contributed by atoms with E-state index in [-0.39, 0.29) is 0 Å². The molecule has 1 unspecified atom stereocenters. The summed E-state index contributed by atoms with van der Waals surface area (Å²) in [7, 11) is 4.56. The van der Waals surface area contributed by atoms with Crippen molar-refractivity contribution in [3.05, 3.63) is 0 Å². The van der Waals surface area contributed by atoms with Gasteiger partial charge in [0.25, 0.3) is 0 Å². The van der Waals surface area contributed by atoms with Crippen LogP contribution in [0.25, 0.3) is 0 Å². The molecule has 1 rings (SSSR count). The lowest BCUT2D eigenvalue weighted by Crippen LogP contribution is -2.59. The van der Waals surface area contributed by atoms with E-state index in [1.54, 1.807) is 0 Å². The topological polar surface area (TPSA) is 99.4 Å². The van der Waals surface area contributed by atoms with E-state index in [9.17, 15) is 20.4 Å². The van der Waals surface area contributed by atoms with Gasteiger partial charge in [0.15, 0.2) is 6.29 Å². The Bertz CT molecular complexity index is 490. The molecule has 1 heterocycles. The van der Waals surface area contributed by atoms with Crippen molar-refractivity contribution >= 4 is 0 Å². The molecule has 7 nitrogen and oxygen atoms in total. The maximum absolute atomic E-state index is 10.0. The Balaban J connectivity index is 1.96. The first-order valence-electron chi connectivity index (χ1n) is 14.6. The minimum atomic E-state index is -1.38. The first-order valence-corrected chi connectivity index (χ1v) is 14.6. The number of aliphatic hydroxyl groups is 4. The number of nitrogens with zero attached hydrogens (tertiary/aromatic N) is 1. The maximum atomic E-state index is 10.0. The van der Waals surface area contributed by atoms with Gasteiger partial charge in [0.05, 0.1) is 40.4 Å². The molecule has 1 fully saturated rings. The summed E-state index contributed by atoms with van der Waals surface area (Å²) in [4.78, 5) is 0. The summed E-state index contributed by atoms with van der Waals surface area (Å²) in [5, 5.41) is 38.9. The molecule has 210 valence electrons. The molecule has 0 amide bonds. The first kappa shape index (κ1) is 32.7. The van der Waals surface area contributed by atoms with Crippen molar-refractivity contribution in [2.24, 2.45) is 0 Å². The minimum absolute atomic E-state index is 0.404. The van der Waals surface area contributed by atoms with E-state index in [0.29, 0.717) is 6.61 Å². The van der Waals surface area contributed by atoms with Crippen molar-refractivity contribution < 1.29 is 34.4 Å². The Morgan fingerprint density at radius 3 is 1.57 bits per heavy atom. The van der Waals surface area contributed by atoms with Gasteiger partial charge in [-0.1, -0.05) is 84.0 Å². The molecule has 35 heavy (non-hydrogen) atoms. The standard InChI is InChI=1S/C28H58NO6/c1-4-5-6-7-8-9-10-11-12-13-14-15-16-17-20-29(2,3)21-18-19-22-34-28-27(33)26(32)25(31)24(23-30)35-28/h24-28,30-33H,4-23H2,1-3H3/q+1/t24-,25-,26+,27?,28-/m1/s1. The summed E-state index contributed by atoms with van der Waals surface area (Å²) in [6.45, 7) is 4.50. The van der Waals surface area contributed by atoms with Gasteiger partial charge in [-0.25, -0.2) is 0 Å². The lowest BCUT2D eigenvalue weighted by molar-refractivity contribution is -0.890. The van der Waals surface area contributed by atoms with Crippen LogP contribution in [0.5, 0.6) is 0 Å². The van der Waals surface area contributed by atoms with Crippen LogP contribution in [0.4, 0.5) is 0 Å². The highest BCUT2D eigenvalue weighted by molar-refractivity contribution is 4.88. The van der Waals surface area contributed by atoms with Crippen LogP contribution in [-0.4, -0.2) is 96.0 Å². The van der Waals surface area contributed by atoms with E-state index in [0.717, 1.165) is 23.9 Å². The lowest BCUT2D eigenvalue weighted by atomic mass is 9.99. The van der Waals surface area contributed by atoms with E-state index in [1.807, 2.05) is 0 Å². The van der Waals surface area contributed by atoms with Crippen molar-refractivity contribution in [3.8, 4) is 0 Å². The Labute approximate surface area is 215 Å². The summed E-state index contributed by atoms with van der Waals surface area (Å²) in [6, 6.07) is 0. The van der Waals surface area contributed by atoms with Crippen molar-refractivity contribution in [1.29, 1.82) is 0 Å². The predicted molar refractivity (Wildman–Crippen MR) is 141 cm³/mol. The van der Waals surface area contributed by atoms with E-state index in [2.05, 4.69) is 21.0 Å². The van der Waals surface area contributed by atoms with Crippen LogP contribution in [-0.2, 0) is 9.47 Å². The molecular formula is C28H58NO6+. The molecule has 0 radical (unpaired) electrons. The summed E-state index contributed by atoms with van der Waals surface area (Å²) < 4.78 is 12.0. The second-order valence-corrected chi connectivity index (χ2v) is 11.3. The number of quaternary nitrogens is 1. The molecule has 0 aromatic heterocycles. The van der Waals surface area contributed by atoms with E-state index >= 15 is 0 Å². The largest absolute Gasteiger partial charge is 0.394 e. The molecule has 1 saturated heterocycles. The SMILES string of the molecule is CCCCCCCCCCCCCCCC[N+](C)(C)CCCCO[C@@H]1O[C@H](CO)[C@@H](O)[C@H](O)C1O. The van der Waals surface area contributed by atoms with Gasteiger partial charge in [-0.3, -0.25) is 0 Å². The zero-order valence-electron chi connectivity index (χ0n) is 23.1. The van der Waals surface area contributed by atoms with Crippen LogP contribution in [0, 0.1) is 0 Å². The van der Waals surface area contributed by atoms with Gasteiger partial charge < -0.3 is 34.4 Å². The number of rotatable bonds is 22. The molecule has 1 aliphatic rings. The van der Waals surface area contributed by atoms with E-state index in [4.69, 9.17) is 9.47 Å². The zero-order chi connectivity index (χ0) is 25.9. The number of hydrogen-bond donors (Lipinski definition) is 4. The average molecular weight is 505 g/mol. The highest BCUT2D eigenvalue weighted by Gasteiger charge is 2.43. The monoisotopic (exact) mass is 504 g/mol. The summed E-state index contributed by atoms with van der Waals surface area (Å²) >= 11 is 0. The number of unbranched alkanes of at least 4 members (excludes halogenated alkanes) is 14. The molecule has 7 heteroatoms. The van der Waals surface area contributed by atoms with Gasteiger partial charge in [0.2, 0.25) is 0 Å². The minimum Gasteiger partial charge on any atom is -0.394 e. The van der Waals surface area contributed by atoms with Crippen LogP contribution >= 0.6 is 0 Å². The first-order chi connectivity index (χ1) is 16.8. The maximum Gasteiger partial charge on any atom is 0.186 e. The molecule has 1 aliphatic heterocycles. The van der Waals surface area contributed by atoms with Gasteiger partial charge in [-0.2, -0.15) is 0 Å². The Kier molecular flexibility index (Phi) is 18.5. The average Bonchev–Trinajstić information content (AvgIpc) is 2.83. The van der Waals surface area contributed by atoms with Gasteiger partial charge in [-0.05, 0) is 25.7 Å². The quantitative estimate of drug-likeness (QED) is 0.131. The van der Waals surface area contributed by atoms with Gasteiger partial charge in [-0.15, -0.1) is 0 Å². The van der Waals surface area contributed by atoms with Crippen molar-refractivity contribution in [1.82, 2.24) is 0 Å². The highest BCUT2D eigenvalue weighted by Crippen LogP contribution is 2.22. The fourth-order valence-corrected chi connectivity index (χ4v) is 4.89. The molecule has 4 N–H and O–H groups in total. The number of ether oxygens (including phenoxy) is 2. The second-order valence-electron chi connectivity index (χ2n) is 11.3. The van der Waals surface area contributed by atoms with Crippen molar-refractivity contribution in [2.45, 2.75) is 140 Å². The zero-order valence-corrected chi connectivity index (χ0v) is 23.1. The highest BCUT2D eigenvalue weighted by atomic mass is 16.7. The predicted octanol–water partition coefficient (Wildman–Crippen LogP) is 4.14. The van der Waals surface area contributed by atoms with Gasteiger partial charge in [0.1, 0.15) is 24.4 Å². The van der Waals surface area contributed by atoms with E-state index in [1.165, 1.54) is 96.4 Å². The van der Waals surface area contributed by atoms with Gasteiger partial charge >= 0.3 is 0 Å². The van der Waals surface area contributed by atoms with Crippen LogP contribution in [0.2, 0.25) is 0 Å². The third kappa shape index (κ3) is 14.9. The molecule has 0 spiro atoms. The Morgan fingerprint density at radius 2 is 1.09 bits per heavy atom. The molecule has 0 aromatic rings. The number of aliphatic hydroxyl groups excluding tert-OH is 4. The lowest BCUT2D eigenvalue weighted by Gasteiger charge is -2.39. The number of hydrogen-bond acceptors (Lipinski definition) is 6. The fraction of sp³-hybridized carbons (Fsp3) is 1.00. The third-order valence-electron chi connectivity index (χ3n) is 7.41. The molecule has 0 bridgehead atoms. The van der Waals surface area contributed by atoms with Crippen LogP contribution in [0.3, 0.4) is 0 Å². The molecule has 5 atom stereocenters. The van der Waals surface area contributed by atoms with Crippen molar-refractivity contribution in [2.75, 3.05) is 40.4 Å². The molecule has 0 aromatic carbocycles. The van der Waals surface area contributed by atoms with Crippen molar-refractivity contribution in [3.63, 3.8) is 0 Å². The van der Waals surface area contributed by atoms with Crippen LogP contribution in [0.15, 0.2) is 0 Å². The summed E-state index contributed by atoms with van der Waals surface area (Å²) in [6.07, 6.45) is 15.2. The Hall–Kier alpha value is -0.280. The summed E-state index contributed by atoms with van der Waals surface area (Å²) in [5.74, 6) is 0. The smallest absolute Gasteiger partial charge is 0.186 e. The molecular weight excluding hydrogens is 446 g/mol. The van der Waals surface area contributed by atoms with Crippen LogP contribution in [0.1, 0.15) is 110 Å².